The van der Waals surface area contributed by atoms with Gasteiger partial charge in [-0.05, 0) is 59.8 Å². The van der Waals surface area contributed by atoms with Crippen LogP contribution < -0.4 is 9.47 Å². The van der Waals surface area contributed by atoms with Gasteiger partial charge in [-0.1, -0.05) is 15.9 Å². The van der Waals surface area contributed by atoms with Gasteiger partial charge in [-0.15, -0.1) is 0 Å². The highest BCUT2D eigenvalue weighted by atomic mass is 79.9. The van der Waals surface area contributed by atoms with Gasteiger partial charge in [-0.25, -0.2) is 9.79 Å². The fourth-order valence-electron chi connectivity index (χ4n) is 2.67. The summed E-state index contributed by atoms with van der Waals surface area (Å²) in [6.45, 7) is 0. The first-order valence-electron chi connectivity index (χ1n) is 8.74. The third-order valence-corrected chi connectivity index (χ3v) is 6.05. The molecule has 1 saturated heterocycles. The molecule has 9 heteroatoms. The molecule has 1 aliphatic rings. The molecule has 0 unspecified atom stereocenters. The Morgan fingerprint density at radius 1 is 1.10 bits per heavy atom. The highest BCUT2D eigenvalue weighted by molar-refractivity contribution is 9.10. The summed E-state index contributed by atoms with van der Waals surface area (Å²) in [4.78, 5) is 30.8. The second-order valence-electron chi connectivity index (χ2n) is 6.14. The van der Waals surface area contributed by atoms with Gasteiger partial charge in [0.05, 0.1) is 37.5 Å². The van der Waals surface area contributed by atoms with Gasteiger partial charge >= 0.3 is 5.97 Å². The van der Waals surface area contributed by atoms with E-state index in [4.69, 9.17) is 14.2 Å². The summed E-state index contributed by atoms with van der Waals surface area (Å²) in [5, 5.41) is 0.536. The normalized spacial score (nSPS) is 16.3. The quantitative estimate of drug-likeness (QED) is 0.453. The van der Waals surface area contributed by atoms with E-state index in [0.717, 1.165) is 10.0 Å². The van der Waals surface area contributed by atoms with Gasteiger partial charge in [0.2, 0.25) is 0 Å². The van der Waals surface area contributed by atoms with Crippen LogP contribution in [0.2, 0.25) is 0 Å². The number of amidine groups is 1. The minimum absolute atomic E-state index is 0.161. The van der Waals surface area contributed by atoms with Crippen LogP contribution in [0.3, 0.4) is 0 Å². The Kier molecular flexibility index (Phi) is 6.84. The standard InChI is InChI=1S/C21H19BrN2O5S/c1-24-19(25)18(10-13-9-16(27-2)17(28-3)11-15(13)22)30-21(24)23-14-7-5-12(6-8-14)20(26)29-4/h5-11H,1-4H3. The van der Waals surface area contributed by atoms with Crippen molar-refractivity contribution in [3.05, 3.63) is 56.9 Å². The Labute approximate surface area is 186 Å². The summed E-state index contributed by atoms with van der Waals surface area (Å²) < 4.78 is 16.1. The maximum Gasteiger partial charge on any atom is 0.337 e. The van der Waals surface area contributed by atoms with Crippen molar-refractivity contribution in [1.82, 2.24) is 4.90 Å². The molecule has 0 aliphatic carbocycles. The van der Waals surface area contributed by atoms with Crippen LogP contribution in [0.25, 0.3) is 6.08 Å². The Morgan fingerprint density at radius 3 is 2.33 bits per heavy atom. The van der Waals surface area contributed by atoms with Crippen molar-refractivity contribution in [2.75, 3.05) is 28.4 Å². The SMILES string of the molecule is COC(=O)c1ccc(N=C2SC(=Cc3cc(OC)c(OC)cc3Br)C(=O)N2C)cc1. The number of ether oxygens (including phenoxy) is 3. The van der Waals surface area contributed by atoms with Crippen molar-refractivity contribution in [3.8, 4) is 11.5 Å². The minimum atomic E-state index is -0.414. The molecule has 0 spiro atoms. The largest absolute Gasteiger partial charge is 0.493 e. The number of hydrogen-bond donors (Lipinski definition) is 0. The van der Waals surface area contributed by atoms with Crippen molar-refractivity contribution < 1.29 is 23.8 Å². The van der Waals surface area contributed by atoms with E-state index in [2.05, 4.69) is 20.9 Å². The number of thioether (sulfide) groups is 1. The van der Waals surface area contributed by atoms with Gasteiger partial charge in [0.25, 0.3) is 5.91 Å². The van der Waals surface area contributed by atoms with Crippen molar-refractivity contribution in [2.24, 2.45) is 4.99 Å². The number of esters is 1. The number of benzene rings is 2. The number of rotatable bonds is 5. The van der Waals surface area contributed by atoms with E-state index in [9.17, 15) is 9.59 Å². The number of hydrogen-bond acceptors (Lipinski definition) is 7. The predicted octanol–water partition coefficient (Wildman–Crippen LogP) is 4.49. The monoisotopic (exact) mass is 490 g/mol. The van der Waals surface area contributed by atoms with E-state index >= 15 is 0 Å². The van der Waals surface area contributed by atoms with E-state index in [1.807, 2.05) is 0 Å². The van der Waals surface area contributed by atoms with Gasteiger partial charge in [0, 0.05) is 11.5 Å². The molecule has 2 aromatic carbocycles. The van der Waals surface area contributed by atoms with Gasteiger partial charge in [0.1, 0.15) is 0 Å². The number of carbonyl (C=O) groups is 2. The fourth-order valence-corrected chi connectivity index (χ4v) is 4.09. The molecular formula is C21H19BrN2O5S. The maximum atomic E-state index is 12.7. The second-order valence-corrected chi connectivity index (χ2v) is 8.00. The van der Waals surface area contributed by atoms with E-state index < -0.39 is 5.97 Å². The van der Waals surface area contributed by atoms with Crippen LogP contribution in [0.5, 0.6) is 11.5 Å². The summed E-state index contributed by atoms with van der Waals surface area (Å²) in [5.41, 5.74) is 1.84. The highest BCUT2D eigenvalue weighted by Crippen LogP contribution is 2.38. The van der Waals surface area contributed by atoms with E-state index in [-0.39, 0.29) is 5.91 Å². The molecule has 156 valence electrons. The molecule has 30 heavy (non-hydrogen) atoms. The van der Waals surface area contributed by atoms with E-state index in [1.165, 1.54) is 23.8 Å². The van der Waals surface area contributed by atoms with Crippen molar-refractivity contribution >= 4 is 56.5 Å². The molecule has 0 atom stereocenters. The lowest BCUT2D eigenvalue weighted by Gasteiger charge is -2.10. The molecule has 2 aromatic rings. The van der Waals surface area contributed by atoms with Gasteiger partial charge in [-0.3, -0.25) is 9.69 Å². The molecule has 3 rings (SSSR count). The molecule has 1 aliphatic heterocycles. The van der Waals surface area contributed by atoms with Gasteiger partial charge < -0.3 is 14.2 Å². The lowest BCUT2D eigenvalue weighted by Crippen LogP contribution is -2.23. The van der Waals surface area contributed by atoms with Crippen LogP contribution in [0.15, 0.2) is 50.8 Å². The third kappa shape index (κ3) is 4.52. The number of likely N-dealkylation sites (N-methyl/N-ethyl adjacent to an activating group) is 1. The minimum Gasteiger partial charge on any atom is -0.493 e. The van der Waals surface area contributed by atoms with Crippen LogP contribution >= 0.6 is 27.7 Å². The zero-order chi connectivity index (χ0) is 21.8. The van der Waals surface area contributed by atoms with Gasteiger partial charge in [-0.2, -0.15) is 0 Å². The Hall–Kier alpha value is -2.78. The first kappa shape index (κ1) is 21.9. The van der Waals surface area contributed by atoms with Crippen LogP contribution in [0.1, 0.15) is 15.9 Å². The van der Waals surface area contributed by atoms with E-state index in [1.54, 1.807) is 63.7 Å². The highest BCUT2D eigenvalue weighted by Gasteiger charge is 2.30. The zero-order valence-electron chi connectivity index (χ0n) is 16.8. The maximum absolute atomic E-state index is 12.7. The Balaban J connectivity index is 1.89. The Bertz CT molecular complexity index is 1050. The summed E-state index contributed by atoms with van der Waals surface area (Å²) in [7, 11) is 6.12. The molecule has 7 nitrogen and oxygen atoms in total. The lowest BCUT2D eigenvalue weighted by molar-refractivity contribution is -0.121. The van der Waals surface area contributed by atoms with Crippen LogP contribution in [0.4, 0.5) is 5.69 Å². The summed E-state index contributed by atoms with van der Waals surface area (Å²) >= 11 is 4.77. The lowest BCUT2D eigenvalue weighted by atomic mass is 10.2. The third-order valence-electron chi connectivity index (χ3n) is 4.31. The number of methoxy groups -OCH3 is 3. The molecule has 0 bridgehead atoms. The number of nitrogens with zero attached hydrogens (tertiary/aromatic N) is 2. The number of carbonyl (C=O) groups excluding carboxylic acids is 2. The molecular weight excluding hydrogens is 472 g/mol. The molecule has 1 heterocycles. The smallest absolute Gasteiger partial charge is 0.337 e. The molecule has 1 fully saturated rings. The molecule has 0 saturated carbocycles. The second kappa shape index (κ2) is 9.36. The van der Waals surface area contributed by atoms with Crippen molar-refractivity contribution in [2.45, 2.75) is 0 Å². The van der Waals surface area contributed by atoms with E-state index in [0.29, 0.717) is 32.8 Å². The topological polar surface area (TPSA) is 77.4 Å². The molecule has 1 amide bonds. The first-order chi connectivity index (χ1) is 14.4. The van der Waals surface area contributed by atoms with Crippen LogP contribution in [-0.2, 0) is 9.53 Å². The Morgan fingerprint density at radius 2 is 1.73 bits per heavy atom. The fraction of sp³-hybridized carbons (Fsp3) is 0.190. The number of aliphatic imine (C=N–C) groups is 1. The average molecular weight is 491 g/mol. The molecule has 0 N–H and O–H groups in total. The van der Waals surface area contributed by atoms with Crippen LogP contribution in [0, 0.1) is 0 Å². The number of halogens is 1. The average Bonchev–Trinajstić information content (AvgIpc) is 3.02. The predicted molar refractivity (Wildman–Crippen MR) is 120 cm³/mol. The van der Waals surface area contributed by atoms with Gasteiger partial charge in [0.15, 0.2) is 16.7 Å². The van der Waals surface area contributed by atoms with Crippen LogP contribution in [-0.4, -0.2) is 50.3 Å². The summed E-state index contributed by atoms with van der Waals surface area (Å²) in [5.74, 6) is 0.580. The zero-order valence-corrected chi connectivity index (χ0v) is 19.2. The summed E-state index contributed by atoms with van der Waals surface area (Å²) in [6, 6.07) is 10.2. The summed E-state index contributed by atoms with van der Waals surface area (Å²) in [6.07, 6.45) is 1.78. The van der Waals surface area contributed by atoms with Crippen molar-refractivity contribution in [3.63, 3.8) is 0 Å². The first-order valence-corrected chi connectivity index (χ1v) is 10.3. The molecule has 0 aromatic heterocycles. The molecule has 0 radical (unpaired) electrons. The van der Waals surface area contributed by atoms with Crippen molar-refractivity contribution in [1.29, 1.82) is 0 Å². The number of amides is 1.